The molecule has 2 aromatic rings. The zero-order valence-electron chi connectivity index (χ0n) is 15.1. The van der Waals surface area contributed by atoms with Crippen molar-refractivity contribution in [2.75, 3.05) is 19.8 Å². The molecular formula is C20H23F3N2O2. The van der Waals surface area contributed by atoms with Gasteiger partial charge in [-0.3, -0.25) is 4.98 Å². The number of hydrogen-bond donors (Lipinski definition) is 2. The summed E-state index contributed by atoms with van der Waals surface area (Å²) in [5.74, 6) is 0.105. The van der Waals surface area contributed by atoms with Crippen LogP contribution in [-0.4, -0.2) is 29.8 Å². The molecule has 0 aliphatic carbocycles. The van der Waals surface area contributed by atoms with E-state index in [1.54, 1.807) is 18.2 Å². The summed E-state index contributed by atoms with van der Waals surface area (Å²) in [5.41, 5.74) is 0.904. The van der Waals surface area contributed by atoms with Gasteiger partial charge in [0.15, 0.2) is 0 Å². The van der Waals surface area contributed by atoms with E-state index in [1.165, 1.54) is 12.1 Å². The number of nitrogens with one attached hydrogen (secondary N) is 1. The highest BCUT2D eigenvalue weighted by molar-refractivity contribution is 5.33. The van der Waals surface area contributed by atoms with Crippen LogP contribution in [0, 0.1) is 6.92 Å². The standard InChI is InChI=1S/C20H23F3N2O2/c1-14-5-6-18(26)17(25-14)12-24-13-19(7-9-27-10-8-19)15-3-2-4-16(11-15)20(21,22)23/h2-6,11,24,26H,7-10,12-13H2,1H3. The molecule has 0 bridgehead atoms. The number of aryl methyl sites for hydroxylation is 1. The molecular weight excluding hydrogens is 357 g/mol. The van der Waals surface area contributed by atoms with Crippen molar-refractivity contribution in [3.8, 4) is 5.75 Å². The fraction of sp³-hybridized carbons (Fsp3) is 0.450. The molecule has 27 heavy (non-hydrogen) atoms. The number of aromatic nitrogens is 1. The lowest BCUT2D eigenvalue weighted by Gasteiger charge is -2.38. The topological polar surface area (TPSA) is 54.4 Å². The van der Waals surface area contributed by atoms with Crippen LogP contribution in [0.5, 0.6) is 5.75 Å². The molecule has 1 fully saturated rings. The van der Waals surface area contributed by atoms with E-state index in [0.717, 1.165) is 11.8 Å². The van der Waals surface area contributed by atoms with Crippen molar-refractivity contribution in [3.05, 3.63) is 58.9 Å². The average Bonchev–Trinajstić information content (AvgIpc) is 2.65. The number of hydrogen-bond acceptors (Lipinski definition) is 4. The molecule has 7 heteroatoms. The van der Waals surface area contributed by atoms with E-state index < -0.39 is 17.2 Å². The van der Waals surface area contributed by atoms with Crippen LogP contribution < -0.4 is 5.32 Å². The number of rotatable bonds is 5. The Balaban J connectivity index is 1.80. The van der Waals surface area contributed by atoms with Gasteiger partial charge in [0.1, 0.15) is 5.75 Å². The van der Waals surface area contributed by atoms with Crippen molar-refractivity contribution in [3.63, 3.8) is 0 Å². The molecule has 146 valence electrons. The summed E-state index contributed by atoms with van der Waals surface area (Å²) < 4.78 is 44.9. The summed E-state index contributed by atoms with van der Waals surface area (Å²) in [6.07, 6.45) is -3.10. The monoisotopic (exact) mass is 380 g/mol. The Morgan fingerprint density at radius 3 is 2.63 bits per heavy atom. The number of aromatic hydroxyl groups is 1. The van der Waals surface area contributed by atoms with Gasteiger partial charge >= 0.3 is 6.18 Å². The highest BCUT2D eigenvalue weighted by Gasteiger charge is 2.37. The zero-order chi connectivity index (χ0) is 19.5. The first-order valence-corrected chi connectivity index (χ1v) is 8.92. The van der Waals surface area contributed by atoms with E-state index in [2.05, 4.69) is 10.3 Å². The Bertz CT molecular complexity index is 787. The first kappa shape index (κ1) is 19.6. The van der Waals surface area contributed by atoms with Crippen LogP contribution in [0.2, 0.25) is 0 Å². The molecule has 4 nitrogen and oxygen atoms in total. The number of alkyl halides is 3. The third kappa shape index (κ3) is 4.59. The lowest BCUT2D eigenvalue weighted by molar-refractivity contribution is -0.137. The minimum atomic E-state index is -4.37. The van der Waals surface area contributed by atoms with Crippen molar-refractivity contribution in [1.29, 1.82) is 0 Å². The maximum Gasteiger partial charge on any atom is 0.416 e. The third-order valence-corrected chi connectivity index (χ3v) is 5.10. The fourth-order valence-corrected chi connectivity index (χ4v) is 3.51. The summed E-state index contributed by atoms with van der Waals surface area (Å²) in [5, 5.41) is 13.2. The zero-order valence-corrected chi connectivity index (χ0v) is 15.1. The smallest absolute Gasteiger partial charge is 0.416 e. The Hall–Kier alpha value is -2.12. The van der Waals surface area contributed by atoms with Crippen LogP contribution in [0.1, 0.15) is 35.4 Å². The van der Waals surface area contributed by atoms with Crippen molar-refractivity contribution in [2.24, 2.45) is 0 Å². The van der Waals surface area contributed by atoms with Crippen LogP contribution in [-0.2, 0) is 22.9 Å². The molecule has 1 saturated heterocycles. The molecule has 0 spiro atoms. The van der Waals surface area contributed by atoms with Gasteiger partial charge in [0, 0.05) is 37.4 Å². The van der Waals surface area contributed by atoms with Crippen LogP contribution >= 0.6 is 0 Å². The SMILES string of the molecule is Cc1ccc(O)c(CNCC2(c3cccc(C(F)(F)F)c3)CCOCC2)n1. The second-order valence-electron chi connectivity index (χ2n) is 6.99. The number of halogens is 3. The summed E-state index contributed by atoms with van der Waals surface area (Å²) >= 11 is 0. The van der Waals surface area contributed by atoms with Crippen molar-refractivity contribution >= 4 is 0 Å². The Morgan fingerprint density at radius 2 is 1.93 bits per heavy atom. The van der Waals surface area contributed by atoms with Gasteiger partial charge in [0.2, 0.25) is 0 Å². The summed E-state index contributed by atoms with van der Waals surface area (Å²) in [7, 11) is 0. The minimum absolute atomic E-state index is 0.105. The molecule has 0 radical (unpaired) electrons. The third-order valence-electron chi connectivity index (χ3n) is 5.10. The largest absolute Gasteiger partial charge is 0.506 e. The maximum absolute atomic E-state index is 13.1. The molecule has 0 amide bonds. The predicted molar refractivity (Wildman–Crippen MR) is 95.5 cm³/mol. The fourth-order valence-electron chi connectivity index (χ4n) is 3.51. The van der Waals surface area contributed by atoms with E-state index in [9.17, 15) is 18.3 Å². The molecule has 1 aliphatic heterocycles. The van der Waals surface area contributed by atoms with Gasteiger partial charge in [-0.2, -0.15) is 13.2 Å². The van der Waals surface area contributed by atoms with Crippen molar-refractivity contribution in [1.82, 2.24) is 10.3 Å². The van der Waals surface area contributed by atoms with E-state index in [-0.39, 0.29) is 5.75 Å². The molecule has 0 atom stereocenters. The van der Waals surface area contributed by atoms with Gasteiger partial charge in [0.25, 0.3) is 0 Å². The number of benzene rings is 1. The number of ether oxygens (including phenoxy) is 1. The lowest BCUT2D eigenvalue weighted by Crippen LogP contribution is -2.42. The van der Waals surface area contributed by atoms with E-state index in [1.807, 2.05) is 6.92 Å². The van der Waals surface area contributed by atoms with E-state index >= 15 is 0 Å². The first-order chi connectivity index (χ1) is 12.8. The number of nitrogens with zero attached hydrogens (tertiary/aromatic N) is 1. The second kappa shape index (κ2) is 7.86. The molecule has 1 aromatic carbocycles. The van der Waals surface area contributed by atoms with Crippen LogP contribution in [0.4, 0.5) is 13.2 Å². The summed E-state index contributed by atoms with van der Waals surface area (Å²) in [6.45, 7) is 3.67. The van der Waals surface area contributed by atoms with Gasteiger partial charge < -0.3 is 15.2 Å². The molecule has 2 heterocycles. The molecule has 0 unspecified atom stereocenters. The highest BCUT2D eigenvalue weighted by Crippen LogP contribution is 2.38. The average molecular weight is 380 g/mol. The normalized spacial score (nSPS) is 17.0. The van der Waals surface area contributed by atoms with E-state index in [4.69, 9.17) is 4.74 Å². The quantitative estimate of drug-likeness (QED) is 0.825. The first-order valence-electron chi connectivity index (χ1n) is 8.92. The Kier molecular flexibility index (Phi) is 5.72. The van der Waals surface area contributed by atoms with Gasteiger partial charge in [-0.1, -0.05) is 18.2 Å². The number of pyridine rings is 1. The van der Waals surface area contributed by atoms with Crippen molar-refractivity contribution in [2.45, 2.75) is 37.9 Å². The van der Waals surface area contributed by atoms with Crippen molar-refractivity contribution < 1.29 is 23.0 Å². The molecule has 2 N–H and O–H groups in total. The summed E-state index contributed by atoms with van der Waals surface area (Å²) in [4.78, 5) is 4.31. The maximum atomic E-state index is 13.1. The Labute approximate surface area is 156 Å². The molecule has 1 aliphatic rings. The van der Waals surface area contributed by atoms with Gasteiger partial charge in [0.05, 0.1) is 11.3 Å². The minimum Gasteiger partial charge on any atom is -0.506 e. The Morgan fingerprint density at radius 1 is 1.19 bits per heavy atom. The molecule has 3 rings (SSSR count). The van der Waals surface area contributed by atoms with Gasteiger partial charge in [-0.05, 0) is 43.5 Å². The van der Waals surface area contributed by atoms with Gasteiger partial charge in [-0.15, -0.1) is 0 Å². The van der Waals surface area contributed by atoms with Crippen LogP contribution in [0.3, 0.4) is 0 Å². The molecule has 0 saturated carbocycles. The van der Waals surface area contributed by atoms with Gasteiger partial charge in [-0.25, -0.2) is 0 Å². The van der Waals surface area contributed by atoms with E-state index in [0.29, 0.717) is 50.4 Å². The lowest BCUT2D eigenvalue weighted by atomic mass is 9.73. The predicted octanol–water partition coefficient (Wildman–Crippen LogP) is 3.95. The van der Waals surface area contributed by atoms with Crippen LogP contribution in [0.15, 0.2) is 36.4 Å². The highest BCUT2D eigenvalue weighted by atomic mass is 19.4. The van der Waals surface area contributed by atoms with Crippen LogP contribution in [0.25, 0.3) is 0 Å². The summed E-state index contributed by atoms with van der Waals surface area (Å²) in [6, 6.07) is 8.87. The second-order valence-corrected chi connectivity index (χ2v) is 6.99. The molecule has 1 aromatic heterocycles.